The summed E-state index contributed by atoms with van der Waals surface area (Å²) in [6.07, 6.45) is 3.73. The third kappa shape index (κ3) is 3.84. The van der Waals surface area contributed by atoms with Gasteiger partial charge in [0.15, 0.2) is 0 Å². The highest BCUT2D eigenvalue weighted by Crippen LogP contribution is 2.43. The van der Waals surface area contributed by atoms with Crippen LogP contribution in [0.25, 0.3) is 0 Å². The van der Waals surface area contributed by atoms with Gasteiger partial charge in [0.1, 0.15) is 17.6 Å². The van der Waals surface area contributed by atoms with Crippen LogP contribution in [0.1, 0.15) is 45.6 Å². The lowest BCUT2D eigenvalue weighted by Crippen LogP contribution is -2.43. The Labute approximate surface area is 183 Å². The number of fused-ring (bicyclic) bond motifs is 1. The number of hydrogen-bond donors (Lipinski definition) is 2. The normalized spacial score (nSPS) is 15.9. The zero-order chi connectivity index (χ0) is 22.1. The summed E-state index contributed by atoms with van der Waals surface area (Å²) in [6.45, 7) is 0. The van der Waals surface area contributed by atoms with E-state index < -0.39 is 29.7 Å². The molecule has 1 heterocycles. The average Bonchev–Trinajstić information content (AvgIpc) is 3.16. The summed E-state index contributed by atoms with van der Waals surface area (Å²) in [4.78, 5) is 31.6. The minimum atomic E-state index is -1.18. The summed E-state index contributed by atoms with van der Waals surface area (Å²) < 4.78 is 14.5. The number of halogens is 2. The number of rotatable bonds is 5. The van der Waals surface area contributed by atoms with Crippen molar-refractivity contribution in [3.05, 3.63) is 94.0 Å². The topological polar surface area (TPSA) is 96.5 Å². The van der Waals surface area contributed by atoms with Crippen LogP contribution >= 0.6 is 11.6 Å². The van der Waals surface area contributed by atoms with Crippen LogP contribution in [0.4, 0.5) is 4.39 Å². The molecule has 158 valence electrons. The van der Waals surface area contributed by atoms with Gasteiger partial charge < -0.3 is 15.7 Å². The van der Waals surface area contributed by atoms with Crippen molar-refractivity contribution in [1.29, 1.82) is 0 Å². The summed E-state index contributed by atoms with van der Waals surface area (Å²) in [5.41, 5.74) is 7.13. The largest absolute Gasteiger partial charge is 0.507 e. The molecule has 0 bridgehead atoms. The Morgan fingerprint density at radius 1 is 1.23 bits per heavy atom. The van der Waals surface area contributed by atoms with E-state index in [1.165, 1.54) is 35.5 Å². The van der Waals surface area contributed by atoms with Crippen molar-refractivity contribution in [1.82, 2.24) is 9.88 Å². The molecule has 1 unspecified atom stereocenters. The molecule has 0 fully saturated rings. The molecule has 4 rings (SSSR count). The highest BCUT2D eigenvalue weighted by atomic mass is 35.5. The number of phenolic OH excluding ortho intramolecular Hbond substituents is 1. The van der Waals surface area contributed by atoms with Gasteiger partial charge in [0.25, 0.3) is 5.91 Å². The molecule has 0 saturated heterocycles. The molecule has 3 aromatic rings. The Hall–Kier alpha value is -3.45. The van der Waals surface area contributed by atoms with E-state index in [-0.39, 0.29) is 16.3 Å². The zero-order valence-corrected chi connectivity index (χ0v) is 17.1. The fourth-order valence-corrected chi connectivity index (χ4v) is 4.36. The van der Waals surface area contributed by atoms with E-state index in [0.29, 0.717) is 29.5 Å². The van der Waals surface area contributed by atoms with Gasteiger partial charge in [-0.15, -0.1) is 0 Å². The molecule has 3 N–H and O–H groups in total. The van der Waals surface area contributed by atoms with Crippen LogP contribution in [-0.2, 0) is 11.2 Å². The Morgan fingerprint density at radius 3 is 2.68 bits per heavy atom. The fraction of sp³-hybridized carbons (Fsp3) is 0.174. The predicted molar refractivity (Wildman–Crippen MR) is 113 cm³/mol. The van der Waals surface area contributed by atoms with Crippen LogP contribution < -0.4 is 5.73 Å². The number of nitrogens with two attached hydrogens (primary N) is 1. The molecule has 1 aliphatic carbocycles. The number of hydrogen-bond acceptors (Lipinski definition) is 4. The Morgan fingerprint density at radius 2 is 2.00 bits per heavy atom. The number of benzene rings is 2. The molecule has 0 aliphatic heterocycles. The van der Waals surface area contributed by atoms with E-state index in [0.717, 1.165) is 0 Å². The first kappa shape index (κ1) is 20.8. The number of nitrogens with zero attached hydrogens (tertiary/aromatic N) is 2. The smallest absolute Gasteiger partial charge is 0.259 e. The van der Waals surface area contributed by atoms with Crippen molar-refractivity contribution in [3.8, 4) is 5.75 Å². The van der Waals surface area contributed by atoms with Crippen molar-refractivity contribution < 1.29 is 19.1 Å². The minimum absolute atomic E-state index is 0.00795. The van der Waals surface area contributed by atoms with E-state index in [2.05, 4.69) is 4.98 Å². The highest BCUT2D eigenvalue weighted by molar-refractivity contribution is 6.30. The molecule has 8 heteroatoms. The highest BCUT2D eigenvalue weighted by Gasteiger charge is 2.41. The van der Waals surface area contributed by atoms with Crippen LogP contribution in [0.2, 0.25) is 5.02 Å². The number of amides is 2. The first-order valence-electron chi connectivity index (χ1n) is 9.66. The SMILES string of the molecule is NC(=O)C(c1cccnc1)N(C(=O)c1ccccc1O)[C@H]1CCc2c(F)cc(Cl)cc21. The van der Waals surface area contributed by atoms with Gasteiger partial charge in [-0.3, -0.25) is 14.6 Å². The summed E-state index contributed by atoms with van der Waals surface area (Å²) in [6, 6.07) is 10.3. The van der Waals surface area contributed by atoms with Gasteiger partial charge in [0.05, 0.1) is 11.6 Å². The standard InChI is InChI=1S/C23H19ClFN3O3/c24-14-10-17-15(18(25)11-14)7-8-19(17)28(23(31)16-5-1-2-6-20(16)29)21(22(26)30)13-4-3-9-27-12-13/h1-6,9-12,19,21,29H,7-8H2,(H2,26,30)/t19-,21?/m0/s1. The molecule has 1 aliphatic rings. The second kappa shape index (κ2) is 8.35. The predicted octanol–water partition coefficient (Wildman–Crippen LogP) is 3.94. The van der Waals surface area contributed by atoms with Gasteiger partial charge in [-0.2, -0.15) is 0 Å². The maximum atomic E-state index is 14.5. The van der Waals surface area contributed by atoms with E-state index in [4.69, 9.17) is 17.3 Å². The van der Waals surface area contributed by atoms with Crippen molar-refractivity contribution in [2.24, 2.45) is 5.73 Å². The summed E-state index contributed by atoms with van der Waals surface area (Å²) in [5, 5.41) is 10.5. The molecule has 0 saturated carbocycles. The molecule has 2 atom stereocenters. The number of primary amides is 1. The molecular formula is C23H19ClFN3O3. The average molecular weight is 440 g/mol. The second-order valence-electron chi connectivity index (χ2n) is 7.33. The van der Waals surface area contributed by atoms with Crippen molar-refractivity contribution in [3.63, 3.8) is 0 Å². The number of para-hydroxylation sites is 1. The van der Waals surface area contributed by atoms with E-state index >= 15 is 0 Å². The van der Waals surface area contributed by atoms with Crippen LogP contribution in [0.5, 0.6) is 5.75 Å². The van der Waals surface area contributed by atoms with Crippen LogP contribution in [0.15, 0.2) is 60.9 Å². The molecule has 2 aromatic carbocycles. The second-order valence-corrected chi connectivity index (χ2v) is 7.77. The van der Waals surface area contributed by atoms with Crippen molar-refractivity contribution in [2.45, 2.75) is 24.9 Å². The maximum Gasteiger partial charge on any atom is 0.259 e. The van der Waals surface area contributed by atoms with Crippen LogP contribution in [0, 0.1) is 5.82 Å². The summed E-state index contributed by atoms with van der Waals surface area (Å²) in [7, 11) is 0. The van der Waals surface area contributed by atoms with E-state index in [1.54, 1.807) is 30.3 Å². The zero-order valence-electron chi connectivity index (χ0n) is 16.3. The fourth-order valence-electron chi connectivity index (χ4n) is 4.14. The summed E-state index contributed by atoms with van der Waals surface area (Å²) >= 11 is 6.09. The lowest BCUT2D eigenvalue weighted by Gasteiger charge is -2.35. The Balaban J connectivity index is 1.90. The molecule has 0 radical (unpaired) electrons. The molecular weight excluding hydrogens is 421 g/mol. The lowest BCUT2D eigenvalue weighted by molar-refractivity contribution is -0.123. The quantitative estimate of drug-likeness (QED) is 0.629. The maximum absolute atomic E-state index is 14.5. The lowest BCUT2D eigenvalue weighted by atomic mass is 9.98. The number of aromatic nitrogens is 1. The first-order valence-corrected chi connectivity index (χ1v) is 10.0. The van der Waals surface area contributed by atoms with Crippen molar-refractivity contribution in [2.75, 3.05) is 0 Å². The van der Waals surface area contributed by atoms with Gasteiger partial charge in [-0.1, -0.05) is 29.8 Å². The molecule has 0 spiro atoms. The molecule has 6 nitrogen and oxygen atoms in total. The molecule has 31 heavy (non-hydrogen) atoms. The third-order valence-electron chi connectivity index (χ3n) is 5.47. The number of carbonyl (C=O) groups is 2. The number of aromatic hydroxyl groups is 1. The van der Waals surface area contributed by atoms with E-state index in [9.17, 15) is 19.1 Å². The van der Waals surface area contributed by atoms with Gasteiger partial charge in [-0.05, 0) is 54.3 Å². The number of phenols is 1. The van der Waals surface area contributed by atoms with Gasteiger partial charge >= 0.3 is 0 Å². The van der Waals surface area contributed by atoms with Gasteiger partial charge in [-0.25, -0.2) is 4.39 Å². The summed E-state index contributed by atoms with van der Waals surface area (Å²) in [5.74, 6) is -2.07. The van der Waals surface area contributed by atoms with E-state index in [1.807, 2.05) is 0 Å². The minimum Gasteiger partial charge on any atom is -0.507 e. The third-order valence-corrected chi connectivity index (χ3v) is 5.69. The number of pyridine rings is 1. The Bertz CT molecular complexity index is 1160. The number of carbonyl (C=O) groups excluding carboxylic acids is 2. The monoisotopic (exact) mass is 439 g/mol. The molecule has 2 amide bonds. The van der Waals surface area contributed by atoms with Gasteiger partial charge in [0, 0.05) is 23.0 Å². The van der Waals surface area contributed by atoms with Crippen LogP contribution in [-0.4, -0.2) is 26.8 Å². The van der Waals surface area contributed by atoms with Crippen LogP contribution in [0.3, 0.4) is 0 Å². The Kier molecular flexibility index (Phi) is 5.61. The van der Waals surface area contributed by atoms with Gasteiger partial charge in [0.2, 0.25) is 5.91 Å². The van der Waals surface area contributed by atoms with Crippen molar-refractivity contribution >= 4 is 23.4 Å². The molecule has 1 aromatic heterocycles. The first-order chi connectivity index (χ1) is 14.9.